The summed E-state index contributed by atoms with van der Waals surface area (Å²) in [6.45, 7) is 4.62. The number of aliphatic imine (C=N–C) groups is 1. The van der Waals surface area contributed by atoms with E-state index in [2.05, 4.69) is 9.98 Å². The van der Waals surface area contributed by atoms with Crippen molar-refractivity contribution in [1.82, 2.24) is 9.55 Å². The molecule has 0 aliphatic rings. The molecule has 4 nitrogen and oxygen atoms in total. The minimum Gasteiger partial charge on any atom is -0.386 e. The Labute approximate surface area is 72.1 Å². The fourth-order valence-corrected chi connectivity index (χ4v) is 0.949. The van der Waals surface area contributed by atoms with E-state index >= 15 is 0 Å². The van der Waals surface area contributed by atoms with E-state index in [1.165, 1.54) is 0 Å². The highest BCUT2D eigenvalue weighted by atomic mass is 15.1. The number of nitrogens with two attached hydrogens (primary N) is 1. The van der Waals surface area contributed by atoms with E-state index < -0.39 is 0 Å². The lowest BCUT2D eigenvalue weighted by atomic mass is 10.4. The van der Waals surface area contributed by atoms with E-state index in [0.717, 1.165) is 11.4 Å². The third-order valence-electron chi connectivity index (χ3n) is 1.96. The molecular formula is C8H14N4. The van der Waals surface area contributed by atoms with Crippen molar-refractivity contribution in [2.75, 3.05) is 7.05 Å². The van der Waals surface area contributed by atoms with Crippen LogP contribution in [0.2, 0.25) is 0 Å². The van der Waals surface area contributed by atoms with Crippen LogP contribution in [0.15, 0.2) is 11.3 Å². The summed E-state index contributed by atoms with van der Waals surface area (Å²) in [7, 11) is 1.69. The van der Waals surface area contributed by atoms with Gasteiger partial charge in [-0.3, -0.25) is 4.99 Å². The minimum absolute atomic E-state index is 0.621. The Bertz CT molecular complexity index is 298. The zero-order valence-corrected chi connectivity index (χ0v) is 7.70. The maximum absolute atomic E-state index is 5.58. The minimum atomic E-state index is 0.621. The second-order valence-electron chi connectivity index (χ2n) is 2.76. The first kappa shape index (κ1) is 8.77. The van der Waals surface area contributed by atoms with Gasteiger partial charge in [-0.05, 0) is 13.8 Å². The molecule has 1 aromatic rings. The maximum atomic E-state index is 5.58. The quantitative estimate of drug-likeness (QED) is 0.513. The molecule has 0 fully saturated rings. The van der Waals surface area contributed by atoms with Crippen molar-refractivity contribution in [3.63, 3.8) is 0 Å². The average molecular weight is 166 g/mol. The Hall–Kier alpha value is -1.32. The van der Waals surface area contributed by atoms with Gasteiger partial charge in [0.15, 0.2) is 0 Å². The highest BCUT2D eigenvalue weighted by Crippen LogP contribution is 2.03. The van der Waals surface area contributed by atoms with Gasteiger partial charge >= 0.3 is 0 Å². The molecule has 0 radical (unpaired) electrons. The molecular weight excluding hydrogens is 152 g/mol. The van der Waals surface area contributed by atoms with Crippen molar-refractivity contribution in [2.24, 2.45) is 10.7 Å². The molecule has 4 heteroatoms. The summed E-state index contributed by atoms with van der Waals surface area (Å²) in [5, 5.41) is 0. The van der Waals surface area contributed by atoms with E-state index in [0.29, 0.717) is 12.4 Å². The van der Waals surface area contributed by atoms with Crippen LogP contribution in [0.1, 0.15) is 11.4 Å². The van der Waals surface area contributed by atoms with Crippen LogP contribution in [0.3, 0.4) is 0 Å². The molecule has 12 heavy (non-hydrogen) atoms. The monoisotopic (exact) mass is 166 g/mol. The molecule has 0 saturated heterocycles. The summed E-state index contributed by atoms with van der Waals surface area (Å²) >= 11 is 0. The SMILES string of the molecule is CN=C(N)Cn1cnc(C)c1C. The molecule has 1 aromatic heterocycles. The van der Waals surface area contributed by atoms with Gasteiger partial charge in [0.2, 0.25) is 0 Å². The van der Waals surface area contributed by atoms with Crippen LogP contribution in [0, 0.1) is 13.8 Å². The van der Waals surface area contributed by atoms with Gasteiger partial charge < -0.3 is 10.3 Å². The molecule has 0 aromatic carbocycles. The van der Waals surface area contributed by atoms with Crippen LogP contribution in [0.25, 0.3) is 0 Å². The zero-order valence-electron chi connectivity index (χ0n) is 7.70. The zero-order chi connectivity index (χ0) is 9.14. The number of nitrogens with zero attached hydrogens (tertiary/aromatic N) is 3. The number of rotatable bonds is 2. The average Bonchev–Trinajstić information content (AvgIpc) is 2.36. The third kappa shape index (κ3) is 1.64. The van der Waals surface area contributed by atoms with Crippen molar-refractivity contribution < 1.29 is 0 Å². The molecule has 0 amide bonds. The largest absolute Gasteiger partial charge is 0.386 e. The normalized spacial score (nSPS) is 12.1. The van der Waals surface area contributed by atoms with Gasteiger partial charge in [-0.25, -0.2) is 4.98 Å². The standard InChI is InChI=1S/C8H14N4/c1-6-7(2)12(5-11-6)4-8(9)10-3/h5H,4H2,1-3H3,(H2,9,10). The molecule has 0 saturated carbocycles. The Morgan fingerprint density at radius 3 is 2.75 bits per heavy atom. The topological polar surface area (TPSA) is 56.2 Å². The van der Waals surface area contributed by atoms with Crippen LogP contribution in [0.4, 0.5) is 0 Å². The smallest absolute Gasteiger partial charge is 0.113 e. The molecule has 1 rings (SSSR count). The van der Waals surface area contributed by atoms with Crippen molar-refractivity contribution >= 4 is 5.84 Å². The molecule has 0 atom stereocenters. The number of aryl methyl sites for hydroxylation is 1. The summed E-state index contributed by atoms with van der Waals surface area (Å²) in [5.41, 5.74) is 7.77. The van der Waals surface area contributed by atoms with Gasteiger partial charge in [-0.15, -0.1) is 0 Å². The van der Waals surface area contributed by atoms with E-state index in [1.807, 2.05) is 18.4 Å². The lowest BCUT2D eigenvalue weighted by Crippen LogP contribution is -2.19. The van der Waals surface area contributed by atoms with Gasteiger partial charge in [0, 0.05) is 12.7 Å². The van der Waals surface area contributed by atoms with Crippen LogP contribution < -0.4 is 5.73 Å². The number of aromatic nitrogens is 2. The van der Waals surface area contributed by atoms with Gasteiger partial charge in [-0.2, -0.15) is 0 Å². The van der Waals surface area contributed by atoms with Crippen molar-refractivity contribution in [3.8, 4) is 0 Å². The predicted molar refractivity (Wildman–Crippen MR) is 49.2 cm³/mol. The number of amidine groups is 1. The molecule has 2 N–H and O–H groups in total. The highest BCUT2D eigenvalue weighted by molar-refractivity contribution is 5.79. The van der Waals surface area contributed by atoms with Crippen molar-refractivity contribution in [1.29, 1.82) is 0 Å². The van der Waals surface area contributed by atoms with Crippen LogP contribution in [-0.4, -0.2) is 22.4 Å². The third-order valence-corrected chi connectivity index (χ3v) is 1.96. The maximum Gasteiger partial charge on any atom is 0.113 e. The molecule has 1 heterocycles. The van der Waals surface area contributed by atoms with Gasteiger partial charge in [0.25, 0.3) is 0 Å². The van der Waals surface area contributed by atoms with E-state index in [9.17, 15) is 0 Å². The summed E-state index contributed by atoms with van der Waals surface area (Å²) in [4.78, 5) is 8.04. The number of hydrogen-bond donors (Lipinski definition) is 1. The Balaban J connectivity index is 2.83. The van der Waals surface area contributed by atoms with Gasteiger partial charge in [0.05, 0.1) is 18.6 Å². The van der Waals surface area contributed by atoms with Gasteiger partial charge in [-0.1, -0.05) is 0 Å². The number of hydrogen-bond acceptors (Lipinski definition) is 2. The van der Waals surface area contributed by atoms with Crippen molar-refractivity contribution in [2.45, 2.75) is 20.4 Å². The Kier molecular flexibility index (Phi) is 2.47. The lowest BCUT2D eigenvalue weighted by Gasteiger charge is -2.03. The first-order chi connectivity index (χ1) is 5.65. The Morgan fingerprint density at radius 1 is 1.67 bits per heavy atom. The molecule has 0 unspecified atom stereocenters. The first-order valence-electron chi connectivity index (χ1n) is 3.84. The fourth-order valence-electron chi connectivity index (χ4n) is 0.949. The summed E-state index contributed by atoms with van der Waals surface area (Å²) in [5.74, 6) is 0.621. The summed E-state index contributed by atoms with van der Waals surface area (Å²) in [6.07, 6.45) is 1.78. The van der Waals surface area contributed by atoms with Crippen LogP contribution in [0.5, 0.6) is 0 Å². The van der Waals surface area contributed by atoms with Crippen LogP contribution >= 0.6 is 0 Å². The molecule has 66 valence electrons. The molecule has 0 spiro atoms. The highest BCUT2D eigenvalue weighted by Gasteiger charge is 2.01. The molecule has 0 aliphatic heterocycles. The van der Waals surface area contributed by atoms with E-state index in [-0.39, 0.29) is 0 Å². The van der Waals surface area contributed by atoms with Crippen LogP contribution in [-0.2, 0) is 6.54 Å². The molecule has 0 bridgehead atoms. The summed E-state index contributed by atoms with van der Waals surface area (Å²) < 4.78 is 1.98. The van der Waals surface area contributed by atoms with Crippen molar-refractivity contribution in [3.05, 3.63) is 17.7 Å². The number of imidazole rings is 1. The molecule has 0 aliphatic carbocycles. The van der Waals surface area contributed by atoms with Gasteiger partial charge in [0.1, 0.15) is 5.84 Å². The van der Waals surface area contributed by atoms with E-state index in [1.54, 1.807) is 13.4 Å². The second-order valence-corrected chi connectivity index (χ2v) is 2.76. The second kappa shape index (κ2) is 3.38. The van der Waals surface area contributed by atoms with E-state index in [4.69, 9.17) is 5.73 Å². The Morgan fingerprint density at radius 2 is 2.33 bits per heavy atom. The predicted octanol–water partition coefficient (Wildman–Crippen LogP) is 0.487. The fraction of sp³-hybridized carbons (Fsp3) is 0.500. The summed E-state index contributed by atoms with van der Waals surface area (Å²) in [6, 6.07) is 0. The first-order valence-corrected chi connectivity index (χ1v) is 3.84. The lowest BCUT2D eigenvalue weighted by molar-refractivity contribution is 0.809.